The molecule has 7 nitrogen and oxygen atoms in total. The number of carbonyl (C=O) groups excluding carboxylic acids is 3. The first kappa shape index (κ1) is 21.6. The van der Waals surface area contributed by atoms with E-state index in [-0.39, 0.29) is 6.54 Å². The minimum absolute atomic E-state index is 0.348. The second-order valence-electron chi connectivity index (χ2n) is 6.65. The lowest BCUT2D eigenvalue weighted by molar-refractivity contribution is -0.146. The molecule has 0 bridgehead atoms. The summed E-state index contributed by atoms with van der Waals surface area (Å²) < 4.78 is 10.6. The van der Waals surface area contributed by atoms with E-state index in [2.05, 4.69) is 10.6 Å². The number of carbonyl (C=O) groups is 3. The summed E-state index contributed by atoms with van der Waals surface area (Å²) in [6.45, 7) is 1.07. The molecule has 31 heavy (non-hydrogen) atoms. The number of benzene rings is 3. The van der Waals surface area contributed by atoms with Crippen molar-refractivity contribution in [3.8, 4) is 11.5 Å². The third kappa shape index (κ3) is 6.71. The SMILES string of the molecule is Cc1ccccc1NC(=O)COC(=O)CNC(=O)c1ccc(Oc2ccccc2)cc1. The minimum Gasteiger partial charge on any atom is -0.457 e. The van der Waals surface area contributed by atoms with Crippen LogP contribution in [-0.4, -0.2) is 30.9 Å². The summed E-state index contributed by atoms with van der Waals surface area (Å²) in [6, 6.07) is 23.1. The lowest BCUT2D eigenvalue weighted by Gasteiger charge is -2.09. The molecule has 2 amide bonds. The monoisotopic (exact) mass is 418 g/mol. The molecule has 0 radical (unpaired) electrons. The molecule has 3 rings (SSSR count). The molecule has 2 N–H and O–H groups in total. The highest BCUT2D eigenvalue weighted by atomic mass is 16.5. The summed E-state index contributed by atoms with van der Waals surface area (Å²) in [4.78, 5) is 35.9. The normalized spacial score (nSPS) is 10.1. The van der Waals surface area contributed by atoms with Crippen LogP contribution in [0.1, 0.15) is 15.9 Å². The quantitative estimate of drug-likeness (QED) is 0.544. The van der Waals surface area contributed by atoms with Crippen molar-refractivity contribution in [2.24, 2.45) is 0 Å². The first-order chi connectivity index (χ1) is 15.0. The molecule has 0 aliphatic rings. The largest absolute Gasteiger partial charge is 0.457 e. The second kappa shape index (κ2) is 10.6. The van der Waals surface area contributed by atoms with E-state index in [0.29, 0.717) is 22.7 Å². The number of hydrogen-bond donors (Lipinski definition) is 2. The van der Waals surface area contributed by atoms with Crippen LogP contribution in [0.3, 0.4) is 0 Å². The highest BCUT2D eigenvalue weighted by Gasteiger charge is 2.12. The Bertz CT molecular complexity index is 1050. The predicted octanol–water partition coefficient (Wildman–Crippen LogP) is 3.70. The number of nitrogens with one attached hydrogen (secondary N) is 2. The smallest absolute Gasteiger partial charge is 0.325 e. The van der Waals surface area contributed by atoms with E-state index >= 15 is 0 Å². The Morgan fingerprint density at radius 3 is 2.16 bits per heavy atom. The van der Waals surface area contributed by atoms with Gasteiger partial charge < -0.3 is 20.1 Å². The van der Waals surface area contributed by atoms with Crippen molar-refractivity contribution < 1.29 is 23.9 Å². The van der Waals surface area contributed by atoms with Crippen molar-refractivity contribution >= 4 is 23.5 Å². The van der Waals surface area contributed by atoms with E-state index in [1.54, 1.807) is 36.4 Å². The summed E-state index contributed by atoms with van der Waals surface area (Å²) in [6.07, 6.45) is 0. The fourth-order valence-electron chi connectivity index (χ4n) is 2.65. The van der Waals surface area contributed by atoms with Crippen LogP contribution in [0.4, 0.5) is 5.69 Å². The van der Waals surface area contributed by atoms with Crippen molar-refractivity contribution in [3.63, 3.8) is 0 Å². The maximum absolute atomic E-state index is 12.2. The molecule has 0 spiro atoms. The molecule has 3 aromatic rings. The van der Waals surface area contributed by atoms with Gasteiger partial charge in [0.25, 0.3) is 11.8 Å². The van der Waals surface area contributed by atoms with Crippen LogP contribution in [0.25, 0.3) is 0 Å². The van der Waals surface area contributed by atoms with Crippen LogP contribution < -0.4 is 15.4 Å². The Morgan fingerprint density at radius 1 is 0.806 bits per heavy atom. The van der Waals surface area contributed by atoms with Gasteiger partial charge in [-0.25, -0.2) is 0 Å². The molecule has 0 aliphatic heterocycles. The highest BCUT2D eigenvalue weighted by Crippen LogP contribution is 2.21. The van der Waals surface area contributed by atoms with E-state index in [4.69, 9.17) is 9.47 Å². The van der Waals surface area contributed by atoms with Crippen molar-refractivity contribution in [1.29, 1.82) is 0 Å². The van der Waals surface area contributed by atoms with Gasteiger partial charge in [0, 0.05) is 11.3 Å². The molecule has 0 fully saturated rings. The average molecular weight is 418 g/mol. The first-order valence-electron chi connectivity index (χ1n) is 9.63. The van der Waals surface area contributed by atoms with Gasteiger partial charge in [0.05, 0.1) is 0 Å². The Kier molecular flexibility index (Phi) is 7.37. The number of aryl methyl sites for hydroxylation is 1. The molecule has 0 heterocycles. The molecule has 7 heteroatoms. The second-order valence-corrected chi connectivity index (χ2v) is 6.65. The molecule has 158 valence electrons. The Hall–Kier alpha value is -4.13. The lowest BCUT2D eigenvalue weighted by atomic mass is 10.2. The fourth-order valence-corrected chi connectivity index (χ4v) is 2.65. The van der Waals surface area contributed by atoms with Crippen LogP contribution >= 0.6 is 0 Å². The number of esters is 1. The van der Waals surface area contributed by atoms with Crippen LogP contribution in [-0.2, 0) is 14.3 Å². The summed E-state index contributed by atoms with van der Waals surface area (Å²) in [5, 5.41) is 5.13. The van der Waals surface area contributed by atoms with Gasteiger partial charge >= 0.3 is 5.97 Å². The summed E-state index contributed by atoms with van der Waals surface area (Å²) in [5.41, 5.74) is 1.91. The zero-order valence-corrected chi connectivity index (χ0v) is 17.0. The maximum atomic E-state index is 12.2. The van der Waals surface area contributed by atoms with Crippen molar-refractivity contribution in [2.75, 3.05) is 18.5 Å². The van der Waals surface area contributed by atoms with Gasteiger partial charge in [-0.1, -0.05) is 36.4 Å². The molecule has 0 saturated carbocycles. The van der Waals surface area contributed by atoms with E-state index in [1.165, 1.54) is 0 Å². The van der Waals surface area contributed by atoms with Gasteiger partial charge in [-0.15, -0.1) is 0 Å². The topological polar surface area (TPSA) is 93.7 Å². The van der Waals surface area contributed by atoms with Crippen molar-refractivity contribution in [3.05, 3.63) is 90.0 Å². The van der Waals surface area contributed by atoms with Crippen LogP contribution in [0.15, 0.2) is 78.9 Å². The Balaban J connectivity index is 1.41. The van der Waals surface area contributed by atoms with Crippen molar-refractivity contribution in [2.45, 2.75) is 6.92 Å². The zero-order chi connectivity index (χ0) is 22.1. The molecule has 0 atom stereocenters. The first-order valence-corrected chi connectivity index (χ1v) is 9.63. The van der Waals surface area contributed by atoms with Gasteiger partial charge in [0.15, 0.2) is 6.61 Å². The molecule has 0 saturated heterocycles. The maximum Gasteiger partial charge on any atom is 0.325 e. The van der Waals surface area contributed by atoms with Gasteiger partial charge in [0.1, 0.15) is 18.0 Å². The number of anilines is 1. The van der Waals surface area contributed by atoms with Gasteiger partial charge in [-0.2, -0.15) is 0 Å². The third-order valence-electron chi connectivity index (χ3n) is 4.27. The van der Waals surface area contributed by atoms with Crippen LogP contribution in [0, 0.1) is 6.92 Å². The standard InChI is InChI=1S/C24H22N2O5/c1-17-7-5-6-10-21(17)26-22(27)16-30-23(28)15-25-24(29)18-11-13-20(14-12-18)31-19-8-3-2-4-9-19/h2-14H,15-16H2,1H3,(H,25,29)(H,26,27). The highest BCUT2D eigenvalue weighted by molar-refractivity contribution is 5.96. The third-order valence-corrected chi connectivity index (χ3v) is 4.27. The van der Waals surface area contributed by atoms with Crippen LogP contribution in [0.2, 0.25) is 0 Å². The zero-order valence-electron chi connectivity index (χ0n) is 17.0. The van der Waals surface area contributed by atoms with E-state index in [1.807, 2.05) is 49.4 Å². The van der Waals surface area contributed by atoms with Crippen LogP contribution in [0.5, 0.6) is 11.5 Å². The molecular formula is C24H22N2O5. The summed E-state index contributed by atoms with van der Waals surface area (Å²) in [7, 11) is 0. The lowest BCUT2D eigenvalue weighted by Crippen LogP contribution is -2.32. The summed E-state index contributed by atoms with van der Waals surface area (Å²) in [5.74, 6) is -0.330. The predicted molar refractivity (Wildman–Crippen MR) is 116 cm³/mol. The Morgan fingerprint density at radius 2 is 1.45 bits per heavy atom. The molecule has 0 aliphatic carbocycles. The van der Waals surface area contributed by atoms with Gasteiger partial charge in [-0.05, 0) is 55.0 Å². The minimum atomic E-state index is -0.711. The average Bonchev–Trinajstić information content (AvgIpc) is 2.79. The molecule has 0 unspecified atom stereocenters. The van der Waals surface area contributed by atoms with E-state index < -0.39 is 24.4 Å². The Labute approximate surface area is 180 Å². The fraction of sp³-hybridized carbons (Fsp3) is 0.125. The number of para-hydroxylation sites is 2. The number of amides is 2. The van der Waals surface area contributed by atoms with Crippen molar-refractivity contribution in [1.82, 2.24) is 5.32 Å². The van der Waals surface area contributed by atoms with Gasteiger partial charge in [0.2, 0.25) is 0 Å². The van der Waals surface area contributed by atoms with Gasteiger partial charge in [-0.3, -0.25) is 14.4 Å². The van der Waals surface area contributed by atoms with E-state index in [9.17, 15) is 14.4 Å². The number of ether oxygens (including phenoxy) is 2. The molecule has 3 aromatic carbocycles. The van der Waals surface area contributed by atoms with E-state index in [0.717, 1.165) is 5.56 Å². The summed E-state index contributed by atoms with van der Waals surface area (Å²) >= 11 is 0. The molecular weight excluding hydrogens is 396 g/mol. The number of rotatable bonds is 8. The number of hydrogen-bond acceptors (Lipinski definition) is 5. The molecule has 0 aromatic heterocycles.